The second kappa shape index (κ2) is 8.85. The molecule has 2 aliphatic rings. The van der Waals surface area contributed by atoms with Gasteiger partial charge in [0, 0.05) is 11.4 Å². The normalized spacial score (nSPS) is 17.2. The van der Waals surface area contributed by atoms with E-state index in [-0.39, 0.29) is 23.9 Å². The smallest absolute Gasteiger partial charge is 0.261 e. The molecule has 4 heterocycles. The Morgan fingerprint density at radius 2 is 2.13 bits per heavy atom. The molecule has 3 aromatic rings. The average Bonchev–Trinajstić information content (AvgIpc) is 3.44. The molecule has 1 fully saturated rings. The minimum atomic E-state index is -0.207. The number of carbonyl (C=O) groups excluding carboxylic acids is 1. The van der Waals surface area contributed by atoms with Gasteiger partial charge in [0.2, 0.25) is 0 Å². The molecule has 5 rings (SSSR count). The summed E-state index contributed by atoms with van der Waals surface area (Å²) in [5.41, 5.74) is 2.97. The van der Waals surface area contributed by atoms with E-state index in [4.69, 9.17) is 4.74 Å². The zero-order valence-corrected chi connectivity index (χ0v) is 18.1. The number of para-hydroxylation sites is 1. The van der Waals surface area contributed by atoms with Crippen molar-refractivity contribution in [3.05, 3.63) is 63.9 Å². The first-order valence-corrected chi connectivity index (χ1v) is 10.8. The van der Waals surface area contributed by atoms with Crippen molar-refractivity contribution in [2.24, 2.45) is 0 Å². The van der Waals surface area contributed by atoms with E-state index in [0.717, 1.165) is 55.1 Å². The third-order valence-electron chi connectivity index (χ3n) is 5.70. The number of ether oxygens (including phenoxy) is 1. The summed E-state index contributed by atoms with van der Waals surface area (Å²) >= 11 is 1.59. The van der Waals surface area contributed by atoms with E-state index in [1.54, 1.807) is 22.3 Å². The number of aromatic nitrogens is 3. The molecule has 9 heteroatoms. The number of fused-ring (bicyclic) bond motifs is 2. The van der Waals surface area contributed by atoms with Gasteiger partial charge in [-0.05, 0) is 55.6 Å². The van der Waals surface area contributed by atoms with E-state index in [1.165, 1.54) is 16.8 Å². The fourth-order valence-electron chi connectivity index (χ4n) is 4.21. The highest BCUT2D eigenvalue weighted by molar-refractivity contribution is 7.14. The van der Waals surface area contributed by atoms with Crippen LogP contribution in [-0.4, -0.2) is 40.4 Å². The van der Waals surface area contributed by atoms with Gasteiger partial charge in [0.15, 0.2) is 0 Å². The van der Waals surface area contributed by atoms with E-state index < -0.39 is 0 Å². The standard InChI is InChI=1S/C21H23N5O2S.ClH/c27-20(24-12-16-3-1-2-4-17(16)26-14-23-13-25-26)18-11-15-5-10-28-21(19(15)29-18)6-8-22-9-7-21;/h1-4,11,13-14,22H,5-10,12H2,(H,24,27);1H. The number of benzene rings is 1. The van der Waals surface area contributed by atoms with Crippen LogP contribution < -0.4 is 10.6 Å². The Bertz CT molecular complexity index is 1010. The molecular weight excluding hydrogens is 422 g/mol. The molecule has 2 aromatic heterocycles. The fraction of sp³-hybridized carbons (Fsp3) is 0.381. The number of hydrogen-bond acceptors (Lipinski definition) is 6. The summed E-state index contributed by atoms with van der Waals surface area (Å²) in [6, 6.07) is 9.94. The first-order valence-electron chi connectivity index (χ1n) is 9.94. The summed E-state index contributed by atoms with van der Waals surface area (Å²) in [5, 5.41) is 10.7. The van der Waals surface area contributed by atoms with Crippen LogP contribution in [0.2, 0.25) is 0 Å². The van der Waals surface area contributed by atoms with Crippen LogP contribution in [0.1, 0.15) is 38.5 Å². The van der Waals surface area contributed by atoms with Crippen LogP contribution in [0.15, 0.2) is 43.0 Å². The summed E-state index contributed by atoms with van der Waals surface area (Å²) in [6.07, 6.45) is 5.97. The first-order chi connectivity index (χ1) is 14.3. The maximum atomic E-state index is 12.9. The summed E-state index contributed by atoms with van der Waals surface area (Å²) in [4.78, 5) is 18.9. The van der Waals surface area contributed by atoms with E-state index >= 15 is 0 Å². The van der Waals surface area contributed by atoms with Crippen LogP contribution in [0.5, 0.6) is 0 Å². The molecule has 2 N–H and O–H groups in total. The van der Waals surface area contributed by atoms with Crippen molar-refractivity contribution in [1.29, 1.82) is 0 Å². The Morgan fingerprint density at radius 3 is 2.93 bits per heavy atom. The SMILES string of the molecule is Cl.O=C(NCc1ccccc1-n1cncn1)c1cc2c(s1)C1(CCNCC1)OCC2. The van der Waals surface area contributed by atoms with Gasteiger partial charge < -0.3 is 15.4 Å². The lowest BCUT2D eigenvalue weighted by molar-refractivity contribution is -0.0771. The molecule has 2 aliphatic heterocycles. The maximum Gasteiger partial charge on any atom is 0.261 e. The minimum absolute atomic E-state index is 0. The topological polar surface area (TPSA) is 81.1 Å². The number of halogens is 1. The van der Waals surface area contributed by atoms with Crippen molar-refractivity contribution in [3.63, 3.8) is 0 Å². The van der Waals surface area contributed by atoms with Gasteiger partial charge in [0.1, 0.15) is 18.3 Å². The zero-order chi connectivity index (χ0) is 19.7. The predicted octanol–water partition coefficient (Wildman–Crippen LogP) is 2.83. The minimum Gasteiger partial charge on any atom is -0.369 e. The second-order valence-corrected chi connectivity index (χ2v) is 8.51. The van der Waals surface area contributed by atoms with Crippen LogP contribution in [0.3, 0.4) is 0 Å². The van der Waals surface area contributed by atoms with Crippen molar-refractivity contribution >= 4 is 29.7 Å². The molecule has 1 aromatic carbocycles. The molecule has 1 spiro atoms. The molecule has 0 bridgehead atoms. The van der Waals surface area contributed by atoms with Gasteiger partial charge in [0.05, 0.1) is 17.2 Å². The van der Waals surface area contributed by atoms with Crippen LogP contribution >= 0.6 is 23.7 Å². The Morgan fingerprint density at radius 1 is 1.30 bits per heavy atom. The molecule has 0 aliphatic carbocycles. The molecule has 1 amide bonds. The quantitative estimate of drug-likeness (QED) is 0.645. The molecule has 158 valence electrons. The third kappa shape index (κ3) is 3.88. The molecule has 0 atom stereocenters. The highest BCUT2D eigenvalue weighted by atomic mass is 35.5. The first kappa shape index (κ1) is 21.0. The summed E-state index contributed by atoms with van der Waals surface area (Å²) in [5.74, 6) is -0.0399. The van der Waals surface area contributed by atoms with E-state index in [0.29, 0.717) is 6.54 Å². The highest BCUT2D eigenvalue weighted by Gasteiger charge is 2.41. The number of nitrogens with zero attached hydrogens (tertiary/aromatic N) is 3. The summed E-state index contributed by atoms with van der Waals surface area (Å²) in [7, 11) is 0. The molecule has 7 nitrogen and oxygen atoms in total. The molecule has 30 heavy (non-hydrogen) atoms. The van der Waals surface area contributed by atoms with Gasteiger partial charge in [0.25, 0.3) is 5.91 Å². The third-order valence-corrected chi connectivity index (χ3v) is 7.07. The second-order valence-electron chi connectivity index (χ2n) is 7.46. The monoisotopic (exact) mass is 445 g/mol. The van der Waals surface area contributed by atoms with Crippen molar-refractivity contribution in [1.82, 2.24) is 25.4 Å². The number of thiophene rings is 1. The number of amides is 1. The molecule has 0 radical (unpaired) electrons. The van der Waals surface area contributed by atoms with Crippen molar-refractivity contribution in [3.8, 4) is 5.69 Å². The van der Waals surface area contributed by atoms with Gasteiger partial charge in [-0.1, -0.05) is 18.2 Å². The lowest BCUT2D eigenvalue weighted by Gasteiger charge is -2.40. The Hall–Kier alpha value is -2.26. The molecular formula is C21H24ClN5O2S. The molecule has 0 saturated carbocycles. The largest absolute Gasteiger partial charge is 0.369 e. The Labute approximate surface area is 185 Å². The van der Waals surface area contributed by atoms with Gasteiger partial charge in [-0.15, -0.1) is 23.7 Å². The number of hydrogen-bond donors (Lipinski definition) is 2. The van der Waals surface area contributed by atoms with Crippen molar-refractivity contribution in [2.75, 3.05) is 19.7 Å². The van der Waals surface area contributed by atoms with E-state index in [2.05, 4.69) is 26.8 Å². The van der Waals surface area contributed by atoms with Crippen LogP contribution in [0.4, 0.5) is 0 Å². The van der Waals surface area contributed by atoms with E-state index in [9.17, 15) is 4.79 Å². The van der Waals surface area contributed by atoms with Crippen LogP contribution in [-0.2, 0) is 23.3 Å². The number of nitrogens with one attached hydrogen (secondary N) is 2. The molecule has 1 saturated heterocycles. The predicted molar refractivity (Wildman–Crippen MR) is 118 cm³/mol. The maximum absolute atomic E-state index is 12.9. The zero-order valence-electron chi connectivity index (χ0n) is 16.5. The van der Waals surface area contributed by atoms with Crippen LogP contribution in [0.25, 0.3) is 5.69 Å². The summed E-state index contributed by atoms with van der Waals surface area (Å²) < 4.78 is 7.95. The van der Waals surface area contributed by atoms with Crippen LogP contribution in [0, 0.1) is 0 Å². The summed E-state index contributed by atoms with van der Waals surface area (Å²) in [6.45, 7) is 3.08. The van der Waals surface area contributed by atoms with Gasteiger partial charge in [-0.3, -0.25) is 4.79 Å². The number of piperidine rings is 1. The number of rotatable bonds is 4. The number of carbonyl (C=O) groups is 1. The fourth-order valence-corrected chi connectivity index (χ4v) is 5.54. The van der Waals surface area contributed by atoms with Gasteiger partial charge in [-0.25, -0.2) is 9.67 Å². The highest BCUT2D eigenvalue weighted by Crippen LogP contribution is 2.44. The van der Waals surface area contributed by atoms with Gasteiger partial charge >= 0.3 is 0 Å². The molecule has 0 unspecified atom stereocenters. The van der Waals surface area contributed by atoms with Crippen molar-refractivity contribution < 1.29 is 9.53 Å². The van der Waals surface area contributed by atoms with E-state index in [1.807, 2.05) is 24.3 Å². The average molecular weight is 446 g/mol. The van der Waals surface area contributed by atoms with Gasteiger partial charge in [-0.2, -0.15) is 5.10 Å². The Kier molecular flexibility index (Phi) is 6.19. The Balaban J connectivity index is 0.00000218. The lowest BCUT2D eigenvalue weighted by Crippen LogP contribution is -2.43. The lowest BCUT2D eigenvalue weighted by atomic mass is 9.86. The van der Waals surface area contributed by atoms with Crippen molar-refractivity contribution in [2.45, 2.75) is 31.4 Å².